The fraction of sp³-hybridized carbons (Fsp3) is 0.471. The lowest BCUT2D eigenvalue weighted by molar-refractivity contribution is 0.232. The Morgan fingerprint density at radius 3 is 2.73 bits per heavy atom. The smallest absolute Gasteiger partial charge is 0.128 e. The second-order valence-electron chi connectivity index (χ2n) is 5.41. The average Bonchev–Trinajstić information content (AvgIpc) is 2.56. The van der Waals surface area contributed by atoms with Gasteiger partial charge in [0, 0.05) is 11.6 Å². The fourth-order valence-corrected chi connectivity index (χ4v) is 2.31. The highest BCUT2D eigenvalue weighted by molar-refractivity contribution is 5.67. The Kier molecular flexibility index (Phi) is 6.13. The molecule has 0 aliphatic rings. The molecule has 2 rings (SSSR count). The molecule has 1 unspecified atom stereocenters. The average molecular weight is 301 g/mol. The zero-order chi connectivity index (χ0) is 15.8. The predicted molar refractivity (Wildman–Crippen MR) is 85.7 cm³/mol. The van der Waals surface area contributed by atoms with Crippen LogP contribution in [0.15, 0.2) is 30.5 Å². The van der Waals surface area contributed by atoms with Gasteiger partial charge in [0.1, 0.15) is 11.5 Å². The number of phenolic OH excluding ortho intramolecular Hbond substituents is 1. The maximum atomic E-state index is 10.1. The molecule has 118 valence electrons. The van der Waals surface area contributed by atoms with Crippen LogP contribution in [0.4, 0.5) is 0 Å². The molecule has 0 aliphatic heterocycles. The van der Waals surface area contributed by atoms with Gasteiger partial charge in [0.15, 0.2) is 0 Å². The van der Waals surface area contributed by atoms with E-state index in [4.69, 9.17) is 4.74 Å². The topological polar surface area (TPSA) is 68.1 Å². The van der Waals surface area contributed by atoms with E-state index in [1.165, 1.54) is 19.3 Å². The largest absolute Gasteiger partial charge is 0.507 e. The second kappa shape index (κ2) is 8.32. The van der Waals surface area contributed by atoms with Crippen molar-refractivity contribution in [1.82, 2.24) is 15.4 Å². The molecule has 0 saturated carbocycles. The third-order valence-electron chi connectivity index (χ3n) is 3.78. The number of nitrogens with zero attached hydrogens (tertiary/aromatic N) is 3. The van der Waals surface area contributed by atoms with E-state index in [-0.39, 0.29) is 5.75 Å². The summed E-state index contributed by atoms with van der Waals surface area (Å²) in [5.41, 5.74) is 1.22. The van der Waals surface area contributed by atoms with Crippen LogP contribution in [-0.2, 0) is 0 Å². The van der Waals surface area contributed by atoms with Gasteiger partial charge in [-0.05, 0) is 35.8 Å². The van der Waals surface area contributed by atoms with Crippen LogP contribution in [0.1, 0.15) is 39.5 Å². The molecular formula is C17H23N3O2. The molecule has 22 heavy (non-hydrogen) atoms. The van der Waals surface area contributed by atoms with Gasteiger partial charge in [-0.2, -0.15) is 0 Å². The number of phenols is 1. The van der Waals surface area contributed by atoms with E-state index in [0.29, 0.717) is 29.5 Å². The van der Waals surface area contributed by atoms with Crippen molar-refractivity contribution in [3.05, 3.63) is 30.5 Å². The quantitative estimate of drug-likeness (QED) is 0.802. The van der Waals surface area contributed by atoms with Gasteiger partial charge in [0.25, 0.3) is 0 Å². The van der Waals surface area contributed by atoms with Gasteiger partial charge in [0.2, 0.25) is 0 Å². The van der Waals surface area contributed by atoms with Crippen LogP contribution in [-0.4, -0.2) is 27.1 Å². The number of rotatable bonds is 8. The number of ether oxygens (including phenoxy) is 1. The highest BCUT2D eigenvalue weighted by Gasteiger charge is 2.10. The Morgan fingerprint density at radius 1 is 1.23 bits per heavy atom. The van der Waals surface area contributed by atoms with Crippen LogP contribution in [0.3, 0.4) is 0 Å². The molecule has 1 atom stereocenters. The molecule has 0 aliphatic carbocycles. The van der Waals surface area contributed by atoms with Crippen molar-refractivity contribution >= 4 is 0 Å². The van der Waals surface area contributed by atoms with Crippen LogP contribution < -0.4 is 4.74 Å². The van der Waals surface area contributed by atoms with Gasteiger partial charge in [-0.3, -0.25) is 0 Å². The molecular weight excluding hydrogens is 278 g/mol. The minimum Gasteiger partial charge on any atom is -0.507 e. The minimum atomic E-state index is 0.139. The fourth-order valence-electron chi connectivity index (χ4n) is 2.31. The summed E-state index contributed by atoms with van der Waals surface area (Å²) in [6.45, 7) is 5.07. The van der Waals surface area contributed by atoms with Crippen LogP contribution in [0.2, 0.25) is 0 Å². The third kappa shape index (κ3) is 4.41. The summed E-state index contributed by atoms with van der Waals surface area (Å²) in [6.07, 6.45) is 6.28. The number of hydrogen-bond acceptors (Lipinski definition) is 5. The van der Waals surface area contributed by atoms with Crippen molar-refractivity contribution in [3.8, 4) is 22.8 Å². The SMILES string of the molecule is CCCCC(CC)COc1ccc(-c2ccnnn2)c(O)c1. The van der Waals surface area contributed by atoms with E-state index in [0.717, 1.165) is 6.42 Å². The maximum Gasteiger partial charge on any atom is 0.128 e. The van der Waals surface area contributed by atoms with E-state index in [9.17, 15) is 5.11 Å². The molecule has 0 amide bonds. The van der Waals surface area contributed by atoms with Gasteiger partial charge in [0.05, 0.1) is 18.5 Å². The molecule has 5 nitrogen and oxygen atoms in total. The van der Waals surface area contributed by atoms with Crippen molar-refractivity contribution in [2.75, 3.05) is 6.61 Å². The molecule has 1 aromatic heterocycles. The summed E-state index contributed by atoms with van der Waals surface area (Å²) in [7, 11) is 0. The molecule has 0 radical (unpaired) electrons. The molecule has 1 heterocycles. The number of aromatic hydroxyl groups is 1. The summed E-state index contributed by atoms with van der Waals surface area (Å²) >= 11 is 0. The molecule has 5 heteroatoms. The number of hydrogen-bond donors (Lipinski definition) is 1. The standard InChI is InChI=1S/C17H23N3O2/c1-3-5-6-13(4-2)12-22-14-7-8-15(17(21)11-14)16-9-10-18-20-19-16/h7-11,13,21H,3-6,12H2,1-2H3. The Morgan fingerprint density at radius 2 is 2.09 bits per heavy atom. The first-order valence-electron chi connectivity index (χ1n) is 7.85. The summed E-state index contributed by atoms with van der Waals surface area (Å²) in [4.78, 5) is 0. The minimum absolute atomic E-state index is 0.139. The lowest BCUT2D eigenvalue weighted by atomic mass is 10.0. The summed E-state index contributed by atoms with van der Waals surface area (Å²) in [5, 5.41) is 21.3. The zero-order valence-electron chi connectivity index (χ0n) is 13.2. The predicted octanol–water partition coefficient (Wildman–Crippen LogP) is 3.84. The highest BCUT2D eigenvalue weighted by Crippen LogP contribution is 2.31. The van der Waals surface area contributed by atoms with Crippen molar-refractivity contribution in [1.29, 1.82) is 0 Å². The molecule has 0 fully saturated rings. The first kappa shape index (κ1) is 16.2. The lowest BCUT2D eigenvalue weighted by Gasteiger charge is -2.16. The summed E-state index contributed by atoms with van der Waals surface area (Å²) in [6, 6.07) is 6.98. The Hall–Kier alpha value is -2.17. The third-order valence-corrected chi connectivity index (χ3v) is 3.78. The Balaban J connectivity index is 2.00. The lowest BCUT2D eigenvalue weighted by Crippen LogP contribution is -2.11. The summed E-state index contributed by atoms with van der Waals surface area (Å²) in [5.74, 6) is 1.38. The number of aromatic nitrogens is 3. The molecule has 1 N–H and O–H groups in total. The van der Waals surface area contributed by atoms with Crippen molar-refractivity contribution < 1.29 is 9.84 Å². The van der Waals surface area contributed by atoms with E-state index in [2.05, 4.69) is 29.3 Å². The monoisotopic (exact) mass is 301 g/mol. The van der Waals surface area contributed by atoms with E-state index in [1.807, 2.05) is 6.07 Å². The summed E-state index contributed by atoms with van der Waals surface area (Å²) < 4.78 is 5.82. The van der Waals surface area contributed by atoms with E-state index < -0.39 is 0 Å². The second-order valence-corrected chi connectivity index (χ2v) is 5.41. The molecule has 0 saturated heterocycles. The Labute approximate surface area is 131 Å². The maximum absolute atomic E-state index is 10.1. The van der Waals surface area contributed by atoms with Crippen LogP contribution in [0.5, 0.6) is 11.5 Å². The molecule has 2 aromatic rings. The van der Waals surface area contributed by atoms with Crippen LogP contribution >= 0.6 is 0 Å². The molecule has 0 bridgehead atoms. The van der Waals surface area contributed by atoms with Gasteiger partial charge in [-0.1, -0.05) is 33.1 Å². The van der Waals surface area contributed by atoms with Crippen molar-refractivity contribution in [2.45, 2.75) is 39.5 Å². The van der Waals surface area contributed by atoms with Crippen LogP contribution in [0, 0.1) is 5.92 Å². The van der Waals surface area contributed by atoms with Gasteiger partial charge in [-0.15, -0.1) is 10.2 Å². The molecule has 1 aromatic carbocycles. The Bertz CT molecular complexity index is 575. The highest BCUT2D eigenvalue weighted by atomic mass is 16.5. The van der Waals surface area contributed by atoms with E-state index in [1.54, 1.807) is 24.4 Å². The van der Waals surface area contributed by atoms with Gasteiger partial charge in [-0.25, -0.2) is 0 Å². The first-order valence-corrected chi connectivity index (χ1v) is 7.85. The van der Waals surface area contributed by atoms with Gasteiger partial charge >= 0.3 is 0 Å². The zero-order valence-corrected chi connectivity index (χ0v) is 13.2. The first-order chi connectivity index (χ1) is 10.7. The van der Waals surface area contributed by atoms with Gasteiger partial charge < -0.3 is 9.84 Å². The number of unbranched alkanes of at least 4 members (excludes halogenated alkanes) is 1. The van der Waals surface area contributed by atoms with E-state index >= 15 is 0 Å². The normalized spacial score (nSPS) is 12.1. The van der Waals surface area contributed by atoms with Crippen molar-refractivity contribution in [2.24, 2.45) is 5.92 Å². The van der Waals surface area contributed by atoms with Crippen LogP contribution in [0.25, 0.3) is 11.3 Å². The van der Waals surface area contributed by atoms with Crippen molar-refractivity contribution in [3.63, 3.8) is 0 Å². The molecule has 0 spiro atoms. The number of benzene rings is 1.